The van der Waals surface area contributed by atoms with Gasteiger partial charge in [0, 0.05) is 93.4 Å². The number of amidine groups is 1. The zero-order valence-corrected chi connectivity index (χ0v) is 28.7. The highest BCUT2D eigenvalue weighted by atomic mass is 19.3. The van der Waals surface area contributed by atoms with Gasteiger partial charge in [0.05, 0.1) is 23.5 Å². The monoisotopic (exact) mass is 663 g/mol. The van der Waals surface area contributed by atoms with E-state index in [2.05, 4.69) is 14.9 Å². The molecule has 258 valence electrons. The van der Waals surface area contributed by atoms with E-state index in [1.165, 1.54) is 0 Å². The van der Waals surface area contributed by atoms with E-state index in [0.29, 0.717) is 44.7 Å². The number of ether oxygens (including phenoxy) is 1. The Morgan fingerprint density at radius 2 is 1.79 bits per heavy atom. The molecule has 10 nitrogen and oxygen atoms in total. The average Bonchev–Trinajstić information content (AvgIpc) is 3.60. The van der Waals surface area contributed by atoms with Crippen molar-refractivity contribution in [2.75, 3.05) is 32.7 Å². The molecular weight excluding hydrogens is 616 g/mol. The van der Waals surface area contributed by atoms with Gasteiger partial charge in [-0.05, 0) is 77.0 Å². The standard InChI is InChI=1S/C36H47F2N7O3/c1-22(46)43-16-11-31-29(21-43)34(40-45(31)24-9-14-42(15-10-24)35(47)48-36(2,3)4)44-13-6-7-23-17-25(26(33(37)38)18-32(23)44)28-20-41(5)30-8-12-39-19-27(28)30/h8,12,18-20,23-24,29,31,33H,6-7,9-11,13-17,21H2,1-5H3. The molecule has 1 aliphatic carbocycles. The highest BCUT2D eigenvalue weighted by Gasteiger charge is 2.48. The van der Waals surface area contributed by atoms with Crippen molar-refractivity contribution in [3.05, 3.63) is 47.6 Å². The molecular formula is C36H47F2N7O3. The highest BCUT2D eigenvalue weighted by Crippen LogP contribution is 2.46. The van der Waals surface area contributed by atoms with E-state index in [1.807, 2.05) is 49.5 Å². The fraction of sp³-hybridized carbons (Fsp3) is 0.611. The Balaban J connectivity index is 1.21. The fourth-order valence-corrected chi connectivity index (χ4v) is 8.50. The highest BCUT2D eigenvalue weighted by molar-refractivity contribution is 5.95. The van der Waals surface area contributed by atoms with E-state index in [4.69, 9.17) is 9.84 Å². The predicted octanol–water partition coefficient (Wildman–Crippen LogP) is 5.86. The minimum absolute atomic E-state index is 0.0179. The van der Waals surface area contributed by atoms with Crippen LogP contribution in [0.1, 0.15) is 71.8 Å². The van der Waals surface area contributed by atoms with Gasteiger partial charge in [0.15, 0.2) is 0 Å². The molecule has 0 spiro atoms. The van der Waals surface area contributed by atoms with Gasteiger partial charge in [0.1, 0.15) is 11.4 Å². The molecule has 3 atom stereocenters. The molecule has 0 N–H and O–H groups in total. The largest absolute Gasteiger partial charge is 0.444 e. The maximum Gasteiger partial charge on any atom is 0.410 e. The van der Waals surface area contributed by atoms with E-state index < -0.39 is 12.0 Å². The summed E-state index contributed by atoms with van der Waals surface area (Å²) in [6.45, 7) is 10.3. The number of carbonyl (C=O) groups excluding carboxylic acids is 2. The molecule has 12 heteroatoms. The van der Waals surface area contributed by atoms with Crippen LogP contribution >= 0.6 is 0 Å². The molecule has 0 saturated carbocycles. The van der Waals surface area contributed by atoms with Crippen LogP contribution in [0.2, 0.25) is 0 Å². The van der Waals surface area contributed by atoms with Gasteiger partial charge in [0.2, 0.25) is 5.91 Å². The number of aryl methyl sites for hydroxylation is 1. The van der Waals surface area contributed by atoms with Crippen LogP contribution < -0.4 is 0 Å². The predicted molar refractivity (Wildman–Crippen MR) is 180 cm³/mol. The van der Waals surface area contributed by atoms with Crippen molar-refractivity contribution < 1.29 is 23.1 Å². The van der Waals surface area contributed by atoms with Gasteiger partial charge in [-0.25, -0.2) is 13.6 Å². The number of hydrazone groups is 1. The second kappa shape index (κ2) is 12.5. The van der Waals surface area contributed by atoms with Gasteiger partial charge in [0.25, 0.3) is 6.43 Å². The van der Waals surface area contributed by atoms with E-state index in [-0.39, 0.29) is 41.5 Å². The fourth-order valence-electron chi connectivity index (χ4n) is 8.50. The third-order valence-corrected chi connectivity index (χ3v) is 10.8. The van der Waals surface area contributed by atoms with Gasteiger partial charge in [-0.3, -0.25) is 14.8 Å². The molecule has 2 aromatic rings. The molecule has 3 saturated heterocycles. The second-order valence-corrected chi connectivity index (χ2v) is 15.0. The van der Waals surface area contributed by atoms with E-state index >= 15 is 0 Å². The lowest BCUT2D eigenvalue weighted by atomic mass is 9.78. The van der Waals surface area contributed by atoms with Crippen molar-refractivity contribution in [3.63, 3.8) is 0 Å². The molecule has 3 unspecified atom stereocenters. The number of allylic oxidation sites excluding steroid dienone is 4. The first-order chi connectivity index (χ1) is 22.9. The summed E-state index contributed by atoms with van der Waals surface area (Å²) in [6, 6.07) is 2.17. The number of hydrogen-bond acceptors (Lipinski definition) is 7. The first kappa shape index (κ1) is 32.6. The zero-order chi connectivity index (χ0) is 33.9. The quantitative estimate of drug-likeness (QED) is 0.409. The summed E-state index contributed by atoms with van der Waals surface area (Å²) in [6.07, 6.45) is 8.99. The molecule has 2 aromatic heterocycles. The molecule has 0 aromatic carbocycles. The number of amides is 2. The maximum atomic E-state index is 15.0. The Hall–Kier alpha value is -3.96. The molecule has 2 amide bonds. The number of hydrogen-bond donors (Lipinski definition) is 0. The lowest BCUT2D eigenvalue weighted by Gasteiger charge is -2.44. The Kier molecular flexibility index (Phi) is 8.48. The molecule has 0 radical (unpaired) electrons. The Labute approximate surface area is 281 Å². The molecule has 4 aliphatic heterocycles. The van der Waals surface area contributed by atoms with Gasteiger partial charge >= 0.3 is 6.09 Å². The van der Waals surface area contributed by atoms with Gasteiger partial charge in [-0.15, -0.1) is 0 Å². The number of pyridine rings is 1. The van der Waals surface area contributed by atoms with Crippen molar-refractivity contribution in [3.8, 4) is 0 Å². The summed E-state index contributed by atoms with van der Waals surface area (Å²) in [7, 11) is 1.94. The molecule has 3 fully saturated rings. The van der Waals surface area contributed by atoms with Crippen LogP contribution in [0, 0.1) is 11.8 Å². The maximum absolute atomic E-state index is 15.0. The molecule has 6 heterocycles. The summed E-state index contributed by atoms with van der Waals surface area (Å²) in [5.74, 6) is 1.00. The van der Waals surface area contributed by atoms with Gasteiger partial charge in [-0.2, -0.15) is 5.10 Å². The Morgan fingerprint density at radius 3 is 2.50 bits per heavy atom. The second-order valence-electron chi connectivity index (χ2n) is 15.0. The van der Waals surface area contributed by atoms with E-state index in [0.717, 1.165) is 60.1 Å². The molecule has 0 bridgehead atoms. The molecule has 7 rings (SSSR count). The van der Waals surface area contributed by atoms with E-state index in [9.17, 15) is 18.4 Å². The SMILES string of the molecule is CC(=O)N1CCC2C(C1)C(N1CCCC3CC(c4cn(C)c5ccncc45)=C(C(F)F)C=C31)=NN2C1CCN(C(=O)OC(C)(C)C)CC1. The number of aromatic nitrogens is 2. The first-order valence-corrected chi connectivity index (χ1v) is 17.4. The number of fused-ring (bicyclic) bond motifs is 3. The number of halogens is 2. The third-order valence-electron chi connectivity index (χ3n) is 10.8. The van der Waals surface area contributed by atoms with Gasteiger partial charge < -0.3 is 24.0 Å². The van der Waals surface area contributed by atoms with Crippen LogP contribution in [-0.2, 0) is 16.6 Å². The Bertz CT molecular complexity index is 1680. The number of alkyl halides is 2. The van der Waals surface area contributed by atoms with Crippen LogP contribution in [-0.4, -0.2) is 104 Å². The number of piperidine rings is 3. The van der Waals surface area contributed by atoms with Crippen LogP contribution in [0.4, 0.5) is 13.6 Å². The average molecular weight is 664 g/mol. The van der Waals surface area contributed by atoms with Crippen molar-refractivity contribution in [2.45, 2.75) is 90.3 Å². The van der Waals surface area contributed by atoms with E-state index in [1.54, 1.807) is 30.3 Å². The van der Waals surface area contributed by atoms with Gasteiger partial charge in [-0.1, -0.05) is 0 Å². The smallest absolute Gasteiger partial charge is 0.410 e. The zero-order valence-electron chi connectivity index (χ0n) is 28.7. The van der Waals surface area contributed by atoms with Crippen molar-refractivity contribution in [1.29, 1.82) is 0 Å². The lowest BCUT2D eigenvalue weighted by Crippen LogP contribution is -2.55. The number of carbonyl (C=O) groups is 2. The number of likely N-dealkylation sites (tertiary alicyclic amines) is 3. The van der Waals surface area contributed by atoms with Crippen LogP contribution in [0.3, 0.4) is 0 Å². The molecule has 48 heavy (non-hydrogen) atoms. The normalized spacial score (nSPS) is 25.4. The Morgan fingerprint density at radius 1 is 1.04 bits per heavy atom. The van der Waals surface area contributed by atoms with Crippen molar-refractivity contribution in [1.82, 2.24) is 29.3 Å². The van der Waals surface area contributed by atoms with Crippen molar-refractivity contribution >= 4 is 34.3 Å². The van der Waals surface area contributed by atoms with Crippen LogP contribution in [0.25, 0.3) is 16.5 Å². The van der Waals surface area contributed by atoms with Crippen molar-refractivity contribution in [2.24, 2.45) is 24.0 Å². The summed E-state index contributed by atoms with van der Waals surface area (Å²) < 4.78 is 37.5. The number of nitrogens with zero attached hydrogens (tertiary/aromatic N) is 7. The number of rotatable bonds is 3. The first-order valence-electron chi connectivity index (χ1n) is 17.4. The van der Waals surface area contributed by atoms with Crippen LogP contribution in [0.15, 0.2) is 47.1 Å². The summed E-state index contributed by atoms with van der Waals surface area (Å²) in [5, 5.41) is 8.47. The summed E-state index contributed by atoms with van der Waals surface area (Å²) in [5.41, 5.74) is 2.93. The summed E-state index contributed by atoms with van der Waals surface area (Å²) >= 11 is 0. The minimum atomic E-state index is -2.63. The lowest BCUT2D eigenvalue weighted by molar-refractivity contribution is -0.131. The van der Waals surface area contributed by atoms with Crippen LogP contribution in [0.5, 0.6) is 0 Å². The third kappa shape index (κ3) is 5.96. The molecule has 5 aliphatic rings. The topological polar surface area (TPSA) is 86.5 Å². The minimum Gasteiger partial charge on any atom is -0.444 e. The summed E-state index contributed by atoms with van der Waals surface area (Å²) in [4.78, 5) is 35.5.